The highest BCUT2D eigenvalue weighted by molar-refractivity contribution is 5.85. The van der Waals surface area contributed by atoms with Crippen LogP contribution in [0.25, 0.3) is 0 Å². The second-order valence-corrected chi connectivity index (χ2v) is 4.70. The van der Waals surface area contributed by atoms with Crippen molar-refractivity contribution in [2.45, 2.75) is 12.5 Å². The number of carbonyl (C=O) groups excluding carboxylic acids is 1. The van der Waals surface area contributed by atoms with E-state index in [0.29, 0.717) is 26.2 Å². The molecule has 1 aliphatic rings. The summed E-state index contributed by atoms with van der Waals surface area (Å²) < 4.78 is 36.1. The largest absolute Gasteiger partial charge is 0.492 e. The quantitative estimate of drug-likeness (QED) is 0.768. The summed E-state index contributed by atoms with van der Waals surface area (Å²) in [5.74, 6) is -1.75. The summed E-state index contributed by atoms with van der Waals surface area (Å²) in [5.41, 5.74) is 0. The fourth-order valence-electron chi connectivity index (χ4n) is 1.97. The van der Waals surface area contributed by atoms with Crippen LogP contribution in [0.15, 0.2) is 18.2 Å². The molecule has 2 rings (SSSR count). The van der Waals surface area contributed by atoms with Gasteiger partial charge in [-0.1, -0.05) is 0 Å². The molecule has 1 saturated heterocycles. The molecule has 2 N–H and O–H groups in total. The van der Waals surface area contributed by atoms with Crippen molar-refractivity contribution in [3.8, 4) is 5.75 Å². The fraction of sp³-hybridized carbons (Fsp3) is 0.500. The van der Waals surface area contributed by atoms with Gasteiger partial charge in [0, 0.05) is 25.1 Å². The highest BCUT2D eigenvalue weighted by Crippen LogP contribution is 2.14. The molecule has 0 bridgehead atoms. The number of halogens is 3. The van der Waals surface area contributed by atoms with Gasteiger partial charge in [-0.05, 0) is 12.1 Å². The van der Waals surface area contributed by atoms with E-state index in [9.17, 15) is 13.6 Å². The van der Waals surface area contributed by atoms with Crippen LogP contribution in [-0.2, 0) is 9.53 Å². The molecule has 0 saturated carbocycles. The summed E-state index contributed by atoms with van der Waals surface area (Å²) in [6.45, 7) is 2.42. The van der Waals surface area contributed by atoms with Gasteiger partial charge in [-0.25, -0.2) is 8.78 Å². The number of carbonyl (C=O) groups is 1. The van der Waals surface area contributed by atoms with Gasteiger partial charge in [-0.2, -0.15) is 0 Å². The van der Waals surface area contributed by atoms with Crippen LogP contribution in [-0.4, -0.2) is 44.9 Å². The average Bonchev–Trinajstić information content (AvgIpc) is 2.48. The highest BCUT2D eigenvalue weighted by Gasteiger charge is 2.16. The van der Waals surface area contributed by atoms with Gasteiger partial charge in [-0.15, -0.1) is 12.4 Å². The first-order chi connectivity index (χ1) is 10.1. The van der Waals surface area contributed by atoms with Gasteiger partial charge in [-0.3, -0.25) is 4.79 Å². The van der Waals surface area contributed by atoms with E-state index in [-0.39, 0.29) is 36.7 Å². The van der Waals surface area contributed by atoms with Crippen molar-refractivity contribution in [1.29, 1.82) is 0 Å². The number of benzene rings is 1. The summed E-state index contributed by atoms with van der Waals surface area (Å²) in [5, 5.41) is 5.88. The zero-order valence-corrected chi connectivity index (χ0v) is 12.8. The second kappa shape index (κ2) is 9.55. The van der Waals surface area contributed by atoms with Crippen molar-refractivity contribution < 1.29 is 23.0 Å². The van der Waals surface area contributed by atoms with E-state index in [4.69, 9.17) is 9.47 Å². The Kier molecular flexibility index (Phi) is 8.08. The van der Waals surface area contributed by atoms with Crippen molar-refractivity contribution in [3.05, 3.63) is 29.8 Å². The molecular weight excluding hydrogens is 318 g/mol. The van der Waals surface area contributed by atoms with Crippen LogP contribution in [0.3, 0.4) is 0 Å². The van der Waals surface area contributed by atoms with Gasteiger partial charge in [0.05, 0.1) is 19.8 Å². The Morgan fingerprint density at radius 2 is 2.23 bits per heavy atom. The number of hydrogen-bond donors (Lipinski definition) is 2. The molecule has 0 spiro atoms. The third-order valence-electron chi connectivity index (χ3n) is 3.01. The maximum atomic E-state index is 12.9. The molecule has 22 heavy (non-hydrogen) atoms. The van der Waals surface area contributed by atoms with E-state index in [0.717, 1.165) is 18.7 Å². The molecule has 124 valence electrons. The lowest BCUT2D eigenvalue weighted by atomic mass is 10.2. The minimum atomic E-state index is -0.958. The predicted molar refractivity (Wildman–Crippen MR) is 79.3 cm³/mol. The van der Waals surface area contributed by atoms with Crippen molar-refractivity contribution in [3.63, 3.8) is 0 Å². The smallest absolute Gasteiger partial charge is 0.221 e. The molecule has 8 heteroatoms. The monoisotopic (exact) mass is 336 g/mol. The SMILES string of the molecule is Cl.O=C(CC1COCCN1)NCCOc1ccc(F)c(F)c1. The first-order valence-corrected chi connectivity index (χ1v) is 6.81. The summed E-state index contributed by atoms with van der Waals surface area (Å²) in [7, 11) is 0. The van der Waals surface area contributed by atoms with Crippen LogP contribution in [0.1, 0.15) is 6.42 Å². The topological polar surface area (TPSA) is 59.6 Å². The third kappa shape index (κ3) is 6.13. The van der Waals surface area contributed by atoms with Crippen LogP contribution in [0.4, 0.5) is 8.78 Å². The Hall–Kier alpha value is -1.44. The Bertz CT molecular complexity index is 485. The van der Waals surface area contributed by atoms with E-state index in [2.05, 4.69) is 10.6 Å². The van der Waals surface area contributed by atoms with E-state index in [1.54, 1.807) is 0 Å². The zero-order valence-electron chi connectivity index (χ0n) is 11.9. The lowest BCUT2D eigenvalue weighted by Gasteiger charge is -2.23. The van der Waals surface area contributed by atoms with Crippen LogP contribution in [0.5, 0.6) is 5.75 Å². The minimum absolute atomic E-state index is 0. The number of rotatable bonds is 6. The average molecular weight is 337 g/mol. The van der Waals surface area contributed by atoms with E-state index in [1.165, 1.54) is 6.07 Å². The molecule has 0 aromatic heterocycles. The number of hydrogen-bond acceptors (Lipinski definition) is 4. The van der Waals surface area contributed by atoms with Crippen LogP contribution < -0.4 is 15.4 Å². The number of amides is 1. The zero-order chi connectivity index (χ0) is 15.1. The fourth-order valence-corrected chi connectivity index (χ4v) is 1.97. The van der Waals surface area contributed by atoms with Gasteiger partial charge >= 0.3 is 0 Å². The van der Waals surface area contributed by atoms with E-state index in [1.807, 2.05) is 0 Å². The third-order valence-corrected chi connectivity index (χ3v) is 3.01. The summed E-state index contributed by atoms with van der Waals surface area (Å²) >= 11 is 0. The number of nitrogens with one attached hydrogen (secondary N) is 2. The lowest BCUT2D eigenvalue weighted by molar-refractivity contribution is -0.122. The molecule has 1 aliphatic heterocycles. The summed E-state index contributed by atoms with van der Waals surface area (Å²) in [4.78, 5) is 11.6. The second-order valence-electron chi connectivity index (χ2n) is 4.70. The standard InChI is InChI=1S/C14H18F2N2O3.ClH/c15-12-2-1-11(8-13(12)16)21-6-4-18-14(19)7-10-9-20-5-3-17-10;/h1-2,8,10,17H,3-7,9H2,(H,18,19);1H. The van der Waals surface area contributed by atoms with Crippen molar-refractivity contribution >= 4 is 18.3 Å². The predicted octanol–water partition coefficient (Wildman–Crippen LogP) is 1.26. The number of ether oxygens (including phenoxy) is 2. The molecule has 1 unspecified atom stereocenters. The normalized spacial score (nSPS) is 17.5. The summed E-state index contributed by atoms with van der Waals surface area (Å²) in [6.07, 6.45) is 0.338. The molecule has 1 atom stereocenters. The van der Waals surface area contributed by atoms with Crippen LogP contribution in [0, 0.1) is 11.6 Å². The Morgan fingerprint density at radius 1 is 1.41 bits per heavy atom. The van der Waals surface area contributed by atoms with Crippen LogP contribution >= 0.6 is 12.4 Å². The lowest BCUT2D eigenvalue weighted by Crippen LogP contribution is -2.44. The Morgan fingerprint density at radius 3 is 2.91 bits per heavy atom. The maximum Gasteiger partial charge on any atom is 0.221 e. The highest BCUT2D eigenvalue weighted by atomic mass is 35.5. The van der Waals surface area contributed by atoms with Gasteiger partial charge in [0.2, 0.25) is 5.91 Å². The van der Waals surface area contributed by atoms with Crippen molar-refractivity contribution in [1.82, 2.24) is 10.6 Å². The molecule has 0 aliphatic carbocycles. The van der Waals surface area contributed by atoms with Crippen LogP contribution in [0.2, 0.25) is 0 Å². The maximum absolute atomic E-state index is 12.9. The molecule has 1 amide bonds. The van der Waals surface area contributed by atoms with E-state index >= 15 is 0 Å². The molecule has 1 fully saturated rings. The van der Waals surface area contributed by atoms with Gasteiger partial charge in [0.25, 0.3) is 0 Å². The minimum Gasteiger partial charge on any atom is -0.492 e. The van der Waals surface area contributed by atoms with Crippen molar-refractivity contribution in [2.75, 3.05) is 32.9 Å². The van der Waals surface area contributed by atoms with Gasteiger partial charge < -0.3 is 20.1 Å². The first-order valence-electron chi connectivity index (χ1n) is 6.81. The Labute approximate surface area is 133 Å². The molecule has 0 radical (unpaired) electrons. The number of morpholine rings is 1. The van der Waals surface area contributed by atoms with Gasteiger partial charge in [0.1, 0.15) is 12.4 Å². The van der Waals surface area contributed by atoms with E-state index < -0.39 is 11.6 Å². The first kappa shape index (κ1) is 18.6. The molecule has 5 nitrogen and oxygen atoms in total. The summed E-state index contributed by atoms with van der Waals surface area (Å²) in [6, 6.07) is 3.34. The molecule has 1 heterocycles. The molecular formula is C14H19ClF2N2O3. The molecule has 1 aromatic carbocycles. The van der Waals surface area contributed by atoms with Gasteiger partial charge in [0.15, 0.2) is 11.6 Å². The molecule has 1 aromatic rings. The van der Waals surface area contributed by atoms with Crippen molar-refractivity contribution in [2.24, 2.45) is 0 Å². The Balaban J connectivity index is 0.00000242.